The molecule has 96 valence electrons. The summed E-state index contributed by atoms with van der Waals surface area (Å²) in [5.41, 5.74) is 1.11. The lowest BCUT2D eigenvalue weighted by Gasteiger charge is -2.32. The molecule has 1 aromatic carbocycles. The number of nitrogens with zero attached hydrogens (tertiary/aromatic N) is 1. The van der Waals surface area contributed by atoms with Gasteiger partial charge in [-0.3, -0.25) is 4.90 Å². The number of benzene rings is 1. The van der Waals surface area contributed by atoms with Gasteiger partial charge in [0.1, 0.15) is 0 Å². The Bertz CT molecular complexity index is 447. The highest BCUT2D eigenvalue weighted by Crippen LogP contribution is 2.14. The Balaban J connectivity index is 1.84. The van der Waals surface area contributed by atoms with E-state index in [0.29, 0.717) is 6.04 Å². The molecule has 0 aliphatic carbocycles. The third-order valence-corrected chi connectivity index (χ3v) is 3.65. The highest BCUT2D eigenvalue weighted by molar-refractivity contribution is 6.31. The van der Waals surface area contributed by atoms with Crippen LogP contribution in [0.3, 0.4) is 0 Å². The quantitative estimate of drug-likeness (QED) is 0.822. The summed E-state index contributed by atoms with van der Waals surface area (Å²) >= 11 is 6.09. The van der Waals surface area contributed by atoms with Crippen LogP contribution >= 0.6 is 11.6 Å². The molecule has 1 heterocycles. The lowest BCUT2D eigenvalue weighted by atomic mass is 10.1. The van der Waals surface area contributed by atoms with Crippen LogP contribution in [0, 0.1) is 11.8 Å². The Kier molecular flexibility index (Phi) is 5.07. The zero-order chi connectivity index (χ0) is 12.8. The second kappa shape index (κ2) is 6.80. The molecular formula is C15H19ClN2. The van der Waals surface area contributed by atoms with Gasteiger partial charge in [0.15, 0.2) is 0 Å². The monoisotopic (exact) mass is 262 g/mol. The minimum atomic E-state index is 0.577. The number of piperazine rings is 1. The minimum absolute atomic E-state index is 0.577. The molecule has 1 fully saturated rings. The van der Waals surface area contributed by atoms with Gasteiger partial charge in [0.25, 0.3) is 0 Å². The van der Waals surface area contributed by atoms with Crippen LogP contribution in [0.5, 0.6) is 0 Å². The van der Waals surface area contributed by atoms with Crippen molar-refractivity contribution < 1.29 is 0 Å². The summed E-state index contributed by atoms with van der Waals surface area (Å²) in [5.74, 6) is 6.46. The molecule has 1 aliphatic rings. The van der Waals surface area contributed by atoms with Crippen molar-refractivity contribution in [3.05, 3.63) is 34.9 Å². The Morgan fingerprint density at radius 2 is 2.22 bits per heavy atom. The van der Waals surface area contributed by atoms with Crippen molar-refractivity contribution in [3.8, 4) is 11.8 Å². The Morgan fingerprint density at radius 3 is 3.00 bits per heavy atom. The van der Waals surface area contributed by atoms with Crippen molar-refractivity contribution in [2.75, 3.05) is 26.2 Å². The highest BCUT2D eigenvalue weighted by Gasteiger charge is 2.15. The minimum Gasteiger partial charge on any atom is -0.314 e. The number of hydrogen-bond donors (Lipinski definition) is 1. The molecule has 1 aromatic rings. The summed E-state index contributed by atoms with van der Waals surface area (Å²) in [6.45, 7) is 6.31. The molecule has 0 saturated carbocycles. The molecule has 1 N–H and O–H groups in total. The lowest BCUT2D eigenvalue weighted by molar-refractivity contribution is 0.196. The second-order valence-electron chi connectivity index (χ2n) is 4.65. The Morgan fingerprint density at radius 1 is 1.39 bits per heavy atom. The fourth-order valence-electron chi connectivity index (χ4n) is 2.07. The number of rotatable bonds is 2. The number of hydrogen-bond acceptors (Lipinski definition) is 2. The topological polar surface area (TPSA) is 15.3 Å². The molecule has 0 radical (unpaired) electrons. The normalized spacial score (nSPS) is 20.2. The van der Waals surface area contributed by atoms with Gasteiger partial charge >= 0.3 is 0 Å². The van der Waals surface area contributed by atoms with Gasteiger partial charge in [-0.25, -0.2) is 0 Å². The molecule has 1 unspecified atom stereocenters. The van der Waals surface area contributed by atoms with Crippen LogP contribution in [0.1, 0.15) is 12.5 Å². The smallest absolute Gasteiger partial charge is 0.0604 e. The van der Waals surface area contributed by atoms with Crippen LogP contribution in [0.2, 0.25) is 5.02 Å². The molecule has 18 heavy (non-hydrogen) atoms. The first-order valence-electron chi connectivity index (χ1n) is 6.41. The van der Waals surface area contributed by atoms with Crippen molar-refractivity contribution >= 4 is 11.6 Å². The lowest BCUT2D eigenvalue weighted by Crippen LogP contribution is -2.49. The summed E-state index contributed by atoms with van der Waals surface area (Å²) < 4.78 is 0. The Hall–Kier alpha value is -1.01. The van der Waals surface area contributed by atoms with Gasteiger partial charge in [0, 0.05) is 37.1 Å². The summed E-state index contributed by atoms with van der Waals surface area (Å²) in [6, 6.07) is 8.47. The van der Waals surface area contributed by atoms with Crippen LogP contribution in [0.4, 0.5) is 0 Å². The molecule has 2 nitrogen and oxygen atoms in total. The van der Waals surface area contributed by atoms with Gasteiger partial charge in [-0.1, -0.05) is 41.6 Å². The van der Waals surface area contributed by atoms with E-state index < -0.39 is 0 Å². The van der Waals surface area contributed by atoms with E-state index in [1.807, 2.05) is 24.3 Å². The van der Waals surface area contributed by atoms with Gasteiger partial charge in [-0.2, -0.15) is 0 Å². The molecule has 0 spiro atoms. The van der Waals surface area contributed by atoms with E-state index >= 15 is 0 Å². The van der Waals surface area contributed by atoms with E-state index in [9.17, 15) is 0 Å². The van der Waals surface area contributed by atoms with E-state index in [1.165, 1.54) is 0 Å². The van der Waals surface area contributed by atoms with Crippen molar-refractivity contribution in [1.82, 2.24) is 10.2 Å². The first kappa shape index (κ1) is 13.4. The summed E-state index contributed by atoms with van der Waals surface area (Å²) in [6.07, 6.45) is 0.736. The SMILES string of the molecule is CC1CNCCN1CC#CCc1ccccc1Cl. The van der Waals surface area contributed by atoms with E-state index in [4.69, 9.17) is 11.6 Å². The van der Waals surface area contributed by atoms with E-state index in [1.54, 1.807) is 0 Å². The zero-order valence-electron chi connectivity index (χ0n) is 10.7. The average Bonchev–Trinajstić information content (AvgIpc) is 2.38. The predicted octanol–water partition coefficient (Wildman–Crippen LogP) is 2.18. The van der Waals surface area contributed by atoms with Crippen LogP contribution < -0.4 is 5.32 Å². The van der Waals surface area contributed by atoms with Gasteiger partial charge < -0.3 is 5.32 Å². The maximum absolute atomic E-state index is 6.09. The van der Waals surface area contributed by atoms with E-state index in [2.05, 4.69) is 29.0 Å². The predicted molar refractivity (Wildman–Crippen MR) is 76.8 cm³/mol. The van der Waals surface area contributed by atoms with Crippen LogP contribution in [-0.2, 0) is 6.42 Å². The molecule has 1 saturated heterocycles. The van der Waals surface area contributed by atoms with Crippen molar-refractivity contribution in [2.45, 2.75) is 19.4 Å². The number of halogens is 1. The first-order valence-corrected chi connectivity index (χ1v) is 6.79. The summed E-state index contributed by atoms with van der Waals surface area (Å²) in [7, 11) is 0. The Labute approximate surface area is 114 Å². The van der Waals surface area contributed by atoms with Gasteiger partial charge in [-0.15, -0.1) is 0 Å². The molecule has 0 amide bonds. The zero-order valence-corrected chi connectivity index (χ0v) is 11.5. The highest BCUT2D eigenvalue weighted by atomic mass is 35.5. The fourth-order valence-corrected chi connectivity index (χ4v) is 2.28. The first-order chi connectivity index (χ1) is 8.77. The van der Waals surface area contributed by atoms with Crippen LogP contribution in [0.15, 0.2) is 24.3 Å². The molecule has 3 heteroatoms. The van der Waals surface area contributed by atoms with Crippen LogP contribution in [-0.4, -0.2) is 37.1 Å². The van der Waals surface area contributed by atoms with Crippen molar-refractivity contribution in [2.24, 2.45) is 0 Å². The fraction of sp³-hybridized carbons (Fsp3) is 0.467. The molecule has 0 aromatic heterocycles. The summed E-state index contributed by atoms with van der Waals surface area (Å²) in [4.78, 5) is 2.41. The largest absolute Gasteiger partial charge is 0.314 e. The molecule has 1 atom stereocenters. The maximum Gasteiger partial charge on any atom is 0.0604 e. The maximum atomic E-state index is 6.09. The summed E-state index contributed by atoms with van der Waals surface area (Å²) in [5, 5.41) is 4.19. The van der Waals surface area contributed by atoms with Gasteiger partial charge in [0.05, 0.1) is 6.54 Å². The van der Waals surface area contributed by atoms with Gasteiger partial charge in [-0.05, 0) is 18.6 Å². The van der Waals surface area contributed by atoms with Crippen molar-refractivity contribution in [3.63, 3.8) is 0 Å². The van der Waals surface area contributed by atoms with Gasteiger partial charge in [0.2, 0.25) is 0 Å². The van der Waals surface area contributed by atoms with Crippen molar-refractivity contribution in [1.29, 1.82) is 0 Å². The molecule has 2 rings (SSSR count). The van der Waals surface area contributed by atoms with E-state index in [0.717, 1.165) is 43.2 Å². The molecule has 1 aliphatic heterocycles. The molecular weight excluding hydrogens is 244 g/mol. The van der Waals surface area contributed by atoms with Crippen LogP contribution in [0.25, 0.3) is 0 Å². The van der Waals surface area contributed by atoms with E-state index in [-0.39, 0.29) is 0 Å². The molecule has 0 bridgehead atoms. The number of nitrogens with one attached hydrogen (secondary N) is 1. The second-order valence-corrected chi connectivity index (χ2v) is 5.05. The third-order valence-electron chi connectivity index (χ3n) is 3.28. The standard InChI is InChI=1S/C15H19ClN2/c1-13-12-17-9-11-18(13)10-5-4-7-14-6-2-3-8-15(14)16/h2-3,6,8,13,17H,7,9-12H2,1H3. The third kappa shape index (κ3) is 3.74. The average molecular weight is 263 g/mol.